The molecule has 0 spiro atoms. The third kappa shape index (κ3) is 6.24. The van der Waals surface area contributed by atoms with Crippen LogP contribution in [0.15, 0.2) is 48.5 Å². The fraction of sp³-hybridized carbons (Fsp3) is 0.417. The zero-order valence-corrected chi connectivity index (χ0v) is 18.4. The van der Waals surface area contributed by atoms with Crippen LogP contribution in [0.2, 0.25) is 0 Å². The summed E-state index contributed by atoms with van der Waals surface area (Å²) in [4.78, 5) is 25.1. The van der Waals surface area contributed by atoms with Crippen LogP contribution in [-0.2, 0) is 4.79 Å². The van der Waals surface area contributed by atoms with Gasteiger partial charge in [0.25, 0.3) is 5.91 Å². The van der Waals surface area contributed by atoms with Crippen molar-refractivity contribution >= 4 is 11.8 Å². The van der Waals surface area contributed by atoms with Gasteiger partial charge in [0.1, 0.15) is 6.04 Å². The number of carbonyl (C=O) groups is 2. The molecule has 2 amide bonds. The number of benzene rings is 2. The van der Waals surface area contributed by atoms with Crippen molar-refractivity contribution in [2.75, 3.05) is 13.2 Å². The molecule has 0 heterocycles. The molecule has 0 saturated carbocycles. The average Bonchev–Trinajstić information content (AvgIpc) is 2.73. The summed E-state index contributed by atoms with van der Waals surface area (Å²) in [5, 5.41) is 5.81. The lowest BCUT2D eigenvalue weighted by Crippen LogP contribution is -2.46. The molecule has 0 bridgehead atoms. The van der Waals surface area contributed by atoms with E-state index in [0.29, 0.717) is 30.3 Å². The first-order chi connectivity index (χ1) is 14.4. The normalized spacial score (nSPS) is 12.7. The standard InChI is InChI=1S/C24H32N2O4/c1-6-29-20-14-13-19(15-21(20)30-7-2)22(16(3)4)26-23(27)17(5)25-24(28)18-11-9-8-10-12-18/h8-17,22H,6-7H2,1-5H3,(H,25,28)(H,26,27). The molecule has 2 unspecified atom stereocenters. The highest BCUT2D eigenvalue weighted by Crippen LogP contribution is 2.33. The molecule has 0 aliphatic carbocycles. The number of amides is 2. The van der Waals surface area contributed by atoms with Gasteiger partial charge in [0, 0.05) is 5.56 Å². The summed E-state index contributed by atoms with van der Waals surface area (Å²) in [5.74, 6) is 0.949. The first-order valence-electron chi connectivity index (χ1n) is 10.4. The van der Waals surface area contributed by atoms with Crippen molar-refractivity contribution in [3.8, 4) is 11.5 Å². The van der Waals surface area contributed by atoms with E-state index in [-0.39, 0.29) is 23.8 Å². The maximum atomic E-state index is 12.8. The molecule has 2 aromatic carbocycles. The van der Waals surface area contributed by atoms with Gasteiger partial charge in [-0.05, 0) is 56.5 Å². The smallest absolute Gasteiger partial charge is 0.251 e. The molecule has 0 saturated heterocycles. The SMILES string of the molecule is CCOc1ccc(C(NC(=O)C(C)NC(=O)c2ccccc2)C(C)C)cc1OCC. The highest BCUT2D eigenvalue weighted by atomic mass is 16.5. The van der Waals surface area contributed by atoms with Gasteiger partial charge in [-0.25, -0.2) is 0 Å². The lowest BCUT2D eigenvalue weighted by Gasteiger charge is -2.26. The average molecular weight is 413 g/mol. The molecule has 30 heavy (non-hydrogen) atoms. The maximum absolute atomic E-state index is 12.8. The summed E-state index contributed by atoms with van der Waals surface area (Å²) in [6.07, 6.45) is 0. The zero-order valence-electron chi connectivity index (χ0n) is 18.4. The van der Waals surface area contributed by atoms with E-state index in [1.807, 2.05) is 52.0 Å². The van der Waals surface area contributed by atoms with Crippen molar-refractivity contribution in [3.63, 3.8) is 0 Å². The summed E-state index contributed by atoms with van der Waals surface area (Å²) in [5.41, 5.74) is 1.44. The first kappa shape index (κ1) is 23.3. The second-order valence-corrected chi connectivity index (χ2v) is 7.36. The minimum atomic E-state index is -0.673. The Hall–Kier alpha value is -3.02. The number of carbonyl (C=O) groups excluding carboxylic acids is 2. The van der Waals surface area contributed by atoms with Crippen molar-refractivity contribution in [1.82, 2.24) is 10.6 Å². The van der Waals surface area contributed by atoms with E-state index in [0.717, 1.165) is 5.56 Å². The Labute approximate surface area is 179 Å². The van der Waals surface area contributed by atoms with E-state index in [1.165, 1.54) is 0 Å². The molecule has 2 atom stereocenters. The van der Waals surface area contributed by atoms with Crippen molar-refractivity contribution < 1.29 is 19.1 Å². The van der Waals surface area contributed by atoms with Crippen LogP contribution in [0.5, 0.6) is 11.5 Å². The van der Waals surface area contributed by atoms with E-state index < -0.39 is 6.04 Å². The largest absolute Gasteiger partial charge is 0.490 e. The van der Waals surface area contributed by atoms with Crippen LogP contribution in [0.3, 0.4) is 0 Å². The predicted octanol–water partition coefficient (Wildman–Crippen LogP) is 4.12. The van der Waals surface area contributed by atoms with E-state index in [9.17, 15) is 9.59 Å². The number of hydrogen-bond donors (Lipinski definition) is 2. The van der Waals surface area contributed by atoms with Crippen molar-refractivity contribution in [1.29, 1.82) is 0 Å². The molecule has 0 aliphatic rings. The van der Waals surface area contributed by atoms with Gasteiger partial charge in [-0.2, -0.15) is 0 Å². The molecule has 0 fully saturated rings. The van der Waals surface area contributed by atoms with Crippen LogP contribution in [0.4, 0.5) is 0 Å². The first-order valence-corrected chi connectivity index (χ1v) is 10.4. The monoisotopic (exact) mass is 412 g/mol. The third-order valence-electron chi connectivity index (χ3n) is 4.67. The Kier molecular flexibility index (Phi) is 8.71. The topological polar surface area (TPSA) is 76.7 Å². The molecular weight excluding hydrogens is 380 g/mol. The second kappa shape index (κ2) is 11.2. The molecule has 2 rings (SSSR count). The summed E-state index contributed by atoms with van der Waals surface area (Å²) in [6, 6.07) is 13.7. The maximum Gasteiger partial charge on any atom is 0.251 e. The highest BCUT2D eigenvalue weighted by molar-refractivity contribution is 5.97. The van der Waals surface area contributed by atoms with Gasteiger partial charge in [0.2, 0.25) is 5.91 Å². The van der Waals surface area contributed by atoms with E-state index in [4.69, 9.17) is 9.47 Å². The van der Waals surface area contributed by atoms with Gasteiger partial charge in [-0.15, -0.1) is 0 Å². The quantitative estimate of drug-likeness (QED) is 0.616. The molecule has 6 nitrogen and oxygen atoms in total. The minimum absolute atomic E-state index is 0.137. The van der Waals surface area contributed by atoms with E-state index in [2.05, 4.69) is 10.6 Å². The van der Waals surface area contributed by atoms with Crippen LogP contribution in [-0.4, -0.2) is 31.1 Å². The minimum Gasteiger partial charge on any atom is -0.490 e. The van der Waals surface area contributed by atoms with Gasteiger partial charge in [0.05, 0.1) is 19.3 Å². The van der Waals surface area contributed by atoms with Crippen LogP contribution in [0.25, 0.3) is 0 Å². The van der Waals surface area contributed by atoms with Crippen molar-refractivity contribution in [3.05, 3.63) is 59.7 Å². The molecule has 0 radical (unpaired) electrons. The van der Waals surface area contributed by atoms with Gasteiger partial charge >= 0.3 is 0 Å². The lowest BCUT2D eigenvalue weighted by molar-refractivity contribution is -0.123. The Morgan fingerprint density at radius 2 is 1.50 bits per heavy atom. The molecule has 6 heteroatoms. The number of nitrogens with one attached hydrogen (secondary N) is 2. The highest BCUT2D eigenvalue weighted by Gasteiger charge is 2.24. The molecule has 2 aromatic rings. The molecule has 162 valence electrons. The van der Waals surface area contributed by atoms with Crippen LogP contribution in [0, 0.1) is 5.92 Å². The van der Waals surface area contributed by atoms with Gasteiger partial charge < -0.3 is 20.1 Å². The molecule has 2 N–H and O–H groups in total. The molecular formula is C24H32N2O4. The van der Waals surface area contributed by atoms with Gasteiger partial charge in [-0.1, -0.05) is 38.1 Å². The zero-order chi connectivity index (χ0) is 22.1. The Morgan fingerprint density at radius 3 is 2.10 bits per heavy atom. The van der Waals surface area contributed by atoms with Crippen LogP contribution in [0.1, 0.15) is 56.6 Å². The van der Waals surface area contributed by atoms with Crippen molar-refractivity contribution in [2.45, 2.75) is 46.7 Å². The fourth-order valence-corrected chi connectivity index (χ4v) is 3.11. The Morgan fingerprint density at radius 1 is 0.867 bits per heavy atom. The predicted molar refractivity (Wildman–Crippen MR) is 118 cm³/mol. The summed E-state index contributed by atoms with van der Waals surface area (Å²) in [7, 11) is 0. The second-order valence-electron chi connectivity index (χ2n) is 7.36. The summed E-state index contributed by atoms with van der Waals surface area (Å²) in [6.45, 7) is 10.7. The lowest BCUT2D eigenvalue weighted by atomic mass is 9.95. The summed E-state index contributed by atoms with van der Waals surface area (Å²) < 4.78 is 11.3. The Bertz CT molecular complexity index is 836. The Balaban J connectivity index is 2.13. The number of hydrogen-bond acceptors (Lipinski definition) is 4. The van der Waals surface area contributed by atoms with Crippen LogP contribution >= 0.6 is 0 Å². The third-order valence-corrected chi connectivity index (χ3v) is 4.67. The van der Waals surface area contributed by atoms with Gasteiger partial charge in [0.15, 0.2) is 11.5 Å². The van der Waals surface area contributed by atoms with E-state index >= 15 is 0 Å². The molecule has 0 aliphatic heterocycles. The number of rotatable bonds is 10. The number of ether oxygens (including phenoxy) is 2. The fourth-order valence-electron chi connectivity index (χ4n) is 3.11. The van der Waals surface area contributed by atoms with Crippen molar-refractivity contribution in [2.24, 2.45) is 5.92 Å². The molecule has 0 aromatic heterocycles. The summed E-state index contributed by atoms with van der Waals surface area (Å²) >= 11 is 0. The van der Waals surface area contributed by atoms with E-state index in [1.54, 1.807) is 31.2 Å². The van der Waals surface area contributed by atoms with Crippen LogP contribution < -0.4 is 20.1 Å². The van der Waals surface area contributed by atoms with Gasteiger partial charge in [-0.3, -0.25) is 9.59 Å².